The second kappa shape index (κ2) is 8.68. The van der Waals surface area contributed by atoms with Crippen LogP contribution in [0.3, 0.4) is 0 Å². The van der Waals surface area contributed by atoms with Crippen LogP contribution in [0.2, 0.25) is 0 Å². The summed E-state index contributed by atoms with van der Waals surface area (Å²) in [7, 11) is 0. The van der Waals surface area contributed by atoms with Crippen LogP contribution in [0.4, 0.5) is 0 Å². The zero-order valence-electron chi connectivity index (χ0n) is 15.3. The number of hydrogen-bond acceptors (Lipinski definition) is 5. The van der Waals surface area contributed by atoms with Crippen LogP contribution in [0.25, 0.3) is 10.6 Å². The number of aromatic carboxylic acids is 1. The maximum atomic E-state index is 11.4. The molecule has 0 saturated heterocycles. The van der Waals surface area contributed by atoms with Crippen LogP contribution >= 0.6 is 11.3 Å². The van der Waals surface area contributed by atoms with Gasteiger partial charge in [-0.05, 0) is 37.1 Å². The third-order valence-corrected chi connectivity index (χ3v) is 5.09. The van der Waals surface area contributed by atoms with Crippen molar-refractivity contribution in [2.75, 3.05) is 6.61 Å². The summed E-state index contributed by atoms with van der Waals surface area (Å²) in [6.45, 7) is 4.76. The summed E-state index contributed by atoms with van der Waals surface area (Å²) in [6, 6.07) is 15.5. The smallest absolute Gasteiger partial charge is 0.347 e. The maximum Gasteiger partial charge on any atom is 0.347 e. The van der Waals surface area contributed by atoms with Crippen molar-refractivity contribution in [2.24, 2.45) is 0 Å². The highest BCUT2D eigenvalue weighted by molar-refractivity contribution is 7.17. The van der Waals surface area contributed by atoms with Gasteiger partial charge >= 0.3 is 5.97 Å². The molecule has 0 unspecified atom stereocenters. The Morgan fingerprint density at radius 2 is 1.85 bits per heavy atom. The summed E-state index contributed by atoms with van der Waals surface area (Å²) in [5, 5.41) is 10.0. The molecule has 140 valence electrons. The van der Waals surface area contributed by atoms with Gasteiger partial charge in [-0.15, -0.1) is 11.3 Å². The summed E-state index contributed by atoms with van der Waals surface area (Å²) < 4.78 is 11.7. The standard InChI is InChI=1S/C21H21NO4S/c1-3-16-19(21(23)24)27-20(22-16)15-10-11-17(18(12-15)25-4-2)26-13-14-8-6-5-7-9-14/h5-12H,3-4,13H2,1-2H3,(H,23,24). The van der Waals surface area contributed by atoms with E-state index in [1.54, 1.807) is 0 Å². The van der Waals surface area contributed by atoms with Gasteiger partial charge in [0, 0.05) is 5.56 Å². The number of benzene rings is 2. The van der Waals surface area contributed by atoms with Crippen LogP contribution in [-0.2, 0) is 13.0 Å². The zero-order chi connectivity index (χ0) is 19.2. The summed E-state index contributed by atoms with van der Waals surface area (Å²) in [4.78, 5) is 16.2. The molecule has 0 aliphatic rings. The average Bonchev–Trinajstić information content (AvgIpc) is 3.13. The zero-order valence-corrected chi connectivity index (χ0v) is 16.1. The van der Waals surface area contributed by atoms with Gasteiger partial charge in [-0.3, -0.25) is 0 Å². The number of thiazole rings is 1. The lowest BCUT2D eigenvalue weighted by atomic mass is 10.2. The molecular weight excluding hydrogens is 362 g/mol. The van der Waals surface area contributed by atoms with Crippen molar-refractivity contribution in [1.29, 1.82) is 0 Å². The van der Waals surface area contributed by atoms with E-state index in [4.69, 9.17) is 9.47 Å². The summed E-state index contributed by atoms with van der Waals surface area (Å²) in [5.74, 6) is 0.328. The highest BCUT2D eigenvalue weighted by atomic mass is 32.1. The molecule has 1 aromatic heterocycles. The largest absolute Gasteiger partial charge is 0.490 e. The molecule has 3 rings (SSSR count). The maximum absolute atomic E-state index is 11.4. The topological polar surface area (TPSA) is 68.7 Å². The van der Waals surface area contributed by atoms with E-state index in [0.717, 1.165) is 11.1 Å². The molecule has 27 heavy (non-hydrogen) atoms. The number of carboxylic acids is 1. The van der Waals surface area contributed by atoms with Gasteiger partial charge < -0.3 is 14.6 Å². The highest BCUT2D eigenvalue weighted by Gasteiger charge is 2.18. The summed E-state index contributed by atoms with van der Waals surface area (Å²) in [6.07, 6.45) is 0.578. The predicted molar refractivity (Wildman–Crippen MR) is 106 cm³/mol. The number of aryl methyl sites for hydroxylation is 1. The fourth-order valence-electron chi connectivity index (χ4n) is 2.65. The molecule has 0 radical (unpaired) electrons. The van der Waals surface area contributed by atoms with Crippen molar-refractivity contribution in [3.8, 4) is 22.1 Å². The Hall–Kier alpha value is -2.86. The van der Waals surface area contributed by atoms with E-state index < -0.39 is 5.97 Å². The second-order valence-electron chi connectivity index (χ2n) is 5.82. The van der Waals surface area contributed by atoms with Gasteiger partial charge in [0.2, 0.25) is 0 Å². The Labute approximate surface area is 162 Å². The third kappa shape index (κ3) is 4.46. The van der Waals surface area contributed by atoms with Gasteiger partial charge in [0.15, 0.2) is 11.5 Å². The Kier molecular flexibility index (Phi) is 6.08. The molecule has 3 aromatic rings. The van der Waals surface area contributed by atoms with E-state index in [0.29, 0.717) is 41.8 Å². The Balaban J connectivity index is 1.88. The van der Waals surface area contributed by atoms with Gasteiger partial charge in [0.25, 0.3) is 0 Å². The molecule has 2 aromatic carbocycles. The Bertz CT molecular complexity index is 921. The molecule has 0 aliphatic heterocycles. The van der Waals surface area contributed by atoms with Gasteiger partial charge in [0.05, 0.1) is 12.3 Å². The highest BCUT2D eigenvalue weighted by Crippen LogP contribution is 2.36. The first-order valence-electron chi connectivity index (χ1n) is 8.79. The van der Waals surface area contributed by atoms with E-state index in [2.05, 4.69) is 4.98 Å². The first-order chi connectivity index (χ1) is 13.1. The van der Waals surface area contributed by atoms with E-state index >= 15 is 0 Å². The molecule has 0 aliphatic carbocycles. The van der Waals surface area contributed by atoms with Crippen molar-refractivity contribution in [2.45, 2.75) is 26.9 Å². The van der Waals surface area contributed by atoms with E-state index in [1.807, 2.05) is 62.4 Å². The van der Waals surface area contributed by atoms with Crippen LogP contribution in [0.5, 0.6) is 11.5 Å². The minimum absolute atomic E-state index is 0.287. The molecule has 0 atom stereocenters. The molecule has 5 nitrogen and oxygen atoms in total. The van der Waals surface area contributed by atoms with Crippen molar-refractivity contribution in [3.63, 3.8) is 0 Å². The van der Waals surface area contributed by atoms with Crippen molar-refractivity contribution < 1.29 is 19.4 Å². The molecule has 6 heteroatoms. The number of hydrogen-bond donors (Lipinski definition) is 1. The van der Waals surface area contributed by atoms with Crippen molar-refractivity contribution in [3.05, 3.63) is 64.7 Å². The number of aromatic nitrogens is 1. The number of carboxylic acid groups (broad SMARTS) is 1. The Morgan fingerprint density at radius 1 is 1.07 bits per heavy atom. The van der Waals surface area contributed by atoms with Crippen LogP contribution in [0, 0.1) is 0 Å². The first-order valence-corrected chi connectivity index (χ1v) is 9.61. The lowest BCUT2D eigenvalue weighted by molar-refractivity contribution is 0.0701. The van der Waals surface area contributed by atoms with E-state index in [9.17, 15) is 9.90 Å². The van der Waals surface area contributed by atoms with Gasteiger partial charge in [-0.2, -0.15) is 0 Å². The van der Waals surface area contributed by atoms with Crippen LogP contribution in [0.15, 0.2) is 48.5 Å². The monoisotopic (exact) mass is 383 g/mol. The fourth-order valence-corrected chi connectivity index (χ4v) is 3.64. The van der Waals surface area contributed by atoms with Gasteiger partial charge in [-0.25, -0.2) is 9.78 Å². The molecule has 0 spiro atoms. The number of carbonyl (C=O) groups is 1. The molecular formula is C21H21NO4S. The van der Waals surface area contributed by atoms with Crippen LogP contribution in [0.1, 0.15) is 34.8 Å². The lowest BCUT2D eigenvalue weighted by Gasteiger charge is -2.13. The minimum atomic E-state index is -0.941. The number of ether oxygens (including phenoxy) is 2. The SMILES string of the molecule is CCOc1cc(-c2nc(CC)c(C(=O)O)s2)ccc1OCc1ccccc1. The molecule has 0 bridgehead atoms. The van der Waals surface area contributed by atoms with Gasteiger partial charge in [0.1, 0.15) is 16.5 Å². The normalized spacial score (nSPS) is 10.6. The molecule has 0 amide bonds. The predicted octanol–water partition coefficient (Wildman–Crippen LogP) is 5.05. The van der Waals surface area contributed by atoms with E-state index in [1.165, 1.54) is 11.3 Å². The second-order valence-corrected chi connectivity index (χ2v) is 6.82. The Morgan fingerprint density at radius 3 is 2.48 bits per heavy atom. The molecule has 0 fully saturated rings. The van der Waals surface area contributed by atoms with E-state index in [-0.39, 0.29) is 4.88 Å². The fraction of sp³-hybridized carbons (Fsp3) is 0.238. The molecule has 1 N–H and O–H groups in total. The third-order valence-electron chi connectivity index (χ3n) is 3.95. The summed E-state index contributed by atoms with van der Waals surface area (Å²) >= 11 is 1.18. The summed E-state index contributed by atoms with van der Waals surface area (Å²) in [5.41, 5.74) is 2.49. The van der Waals surface area contributed by atoms with Crippen LogP contribution < -0.4 is 9.47 Å². The minimum Gasteiger partial charge on any atom is -0.490 e. The molecule has 0 saturated carbocycles. The van der Waals surface area contributed by atoms with Gasteiger partial charge in [-0.1, -0.05) is 37.3 Å². The van der Waals surface area contributed by atoms with Crippen molar-refractivity contribution >= 4 is 17.3 Å². The quantitative estimate of drug-likeness (QED) is 0.590. The lowest BCUT2D eigenvalue weighted by Crippen LogP contribution is -1.99. The molecule has 1 heterocycles. The first kappa shape index (κ1) is 18.9. The number of rotatable bonds is 8. The van der Waals surface area contributed by atoms with Crippen molar-refractivity contribution in [1.82, 2.24) is 4.98 Å². The average molecular weight is 383 g/mol. The van der Waals surface area contributed by atoms with Crippen LogP contribution in [-0.4, -0.2) is 22.7 Å². The number of nitrogens with zero attached hydrogens (tertiary/aromatic N) is 1.